The lowest BCUT2D eigenvalue weighted by Crippen LogP contribution is -2.35. The van der Waals surface area contributed by atoms with E-state index in [0.717, 1.165) is 17.7 Å². The fourth-order valence-corrected chi connectivity index (χ4v) is 4.77. The minimum atomic E-state index is -3.64. The van der Waals surface area contributed by atoms with Crippen LogP contribution in [0.4, 0.5) is 5.69 Å². The molecule has 2 aromatic rings. The highest BCUT2D eigenvalue weighted by Crippen LogP contribution is 2.37. The van der Waals surface area contributed by atoms with Crippen LogP contribution in [-0.2, 0) is 23.0 Å². The first kappa shape index (κ1) is 14.2. The molecular weight excluding hydrogens is 288 g/mol. The van der Waals surface area contributed by atoms with Crippen LogP contribution in [0.5, 0.6) is 0 Å². The molecule has 0 bridgehead atoms. The predicted octanol–water partition coefficient (Wildman–Crippen LogP) is 2.19. The van der Waals surface area contributed by atoms with Gasteiger partial charge in [0.25, 0.3) is 10.0 Å². The molecule has 1 unspecified atom stereocenters. The summed E-state index contributed by atoms with van der Waals surface area (Å²) in [5, 5.41) is 0. The number of nitrogens with zero attached hydrogens (tertiary/aromatic N) is 1. The van der Waals surface area contributed by atoms with Gasteiger partial charge in [0.15, 0.2) is 0 Å². The summed E-state index contributed by atoms with van der Waals surface area (Å²) in [6.07, 6.45) is 0.718. The second-order valence-electron chi connectivity index (χ2n) is 5.32. The van der Waals surface area contributed by atoms with Gasteiger partial charge in [-0.15, -0.1) is 0 Å². The molecule has 0 fully saturated rings. The third kappa shape index (κ3) is 2.15. The number of hydrogen-bond acceptors (Lipinski definition) is 4. The van der Waals surface area contributed by atoms with Crippen LogP contribution < -0.4 is 10.0 Å². The van der Waals surface area contributed by atoms with Gasteiger partial charge >= 0.3 is 0 Å². The van der Waals surface area contributed by atoms with E-state index < -0.39 is 10.0 Å². The van der Waals surface area contributed by atoms with Crippen molar-refractivity contribution in [3.8, 4) is 0 Å². The molecule has 0 amide bonds. The van der Waals surface area contributed by atoms with Gasteiger partial charge in [-0.05, 0) is 31.9 Å². The van der Waals surface area contributed by atoms with Crippen molar-refractivity contribution in [3.05, 3.63) is 47.4 Å². The molecule has 2 N–H and O–H groups in total. The first-order valence-corrected chi connectivity index (χ1v) is 8.31. The van der Waals surface area contributed by atoms with Crippen molar-refractivity contribution in [2.24, 2.45) is 5.73 Å². The zero-order valence-electron chi connectivity index (χ0n) is 12.0. The molecule has 1 aliphatic heterocycles. The maximum absolute atomic E-state index is 13.0. The van der Waals surface area contributed by atoms with Crippen LogP contribution in [0, 0.1) is 6.92 Å². The summed E-state index contributed by atoms with van der Waals surface area (Å²) < 4.78 is 32.9. The summed E-state index contributed by atoms with van der Waals surface area (Å²) in [6.45, 7) is 3.75. The molecule has 1 aliphatic rings. The van der Waals surface area contributed by atoms with E-state index in [1.165, 1.54) is 10.4 Å². The van der Waals surface area contributed by atoms with Crippen molar-refractivity contribution in [1.82, 2.24) is 0 Å². The molecular formula is C15H18N2O3S. The Hall–Kier alpha value is -1.79. The van der Waals surface area contributed by atoms with Crippen molar-refractivity contribution >= 4 is 15.7 Å². The van der Waals surface area contributed by atoms with Gasteiger partial charge in [0.2, 0.25) is 0 Å². The minimum absolute atomic E-state index is 0.108. The lowest BCUT2D eigenvalue weighted by Gasteiger charge is -2.24. The van der Waals surface area contributed by atoms with Gasteiger partial charge in [0.1, 0.15) is 16.4 Å². The molecule has 0 aliphatic carbocycles. The third-order valence-electron chi connectivity index (χ3n) is 3.81. The van der Waals surface area contributed by atoms with Crippen molar-refractivity contribution in [1.29, 1.82) is 0 Å². The van der Waals surface area contributed by atoms with Gasteiger partial charge < -0.3 is 10.2 Å². The van der Waals surface area contributed by atoms with Crippen molar-refractivity contribution in [2.75, 3.05) is 4.31 Å². The standard InChI is InChI=1S/C15H18N2O3S/c1-10-7-12-5-3-4-6-14(12)17(10)21(18,19)15-8-13(9-16)20-11(15)2/h3-6,8,10H,7,9,16H2,1-2H3. The van der Waals surface area contributed by atoms with Gasteiger partial charge in [0.05, 0.1) is 12.2 Å². The Morgan fingerprint density at radius 2 is 2.10 bits per heavy atom. The molecule has 5 nitrogen and oxygen atoms in total. The SMILES string of the molecule is Cc1oc(CN)cc1S(=O)(=O)N1c2ccccc2CC1C. The topological polar surface area (TPSA) is 76.5 Å². The molecule has 21 heavy (non-hydrogen) atoms. The quantitative estimate of drug-likeness (QED) is 0.943. The molecule has 0 radical (unpaired) electrons. The molecule has 0 saturated heterocycles. The number of aryl methyl sites for hydroxylation is 1. The van der Waals surface area contributed by atoms with Crippen LogP contribution in [0.25, 0.3) is 0 Å². The second-order valence-corrected chi connectivity index (χ2v) is 7.10. The van der Waals surface area contributed by atoms with Crippen LogP contribution in [0.2, 0.25) is 0 Å². The smallest absolute Gasteiger partial charge is 0.268 e. The molecule has 0 spiro atoms. The Balaban J connectivity index is 2.12. The van der Waals surface area contributed by atoms with Gasteiger partial charge in [-0.2, -0.15) is 0 Å². The minimum Gasteiger partial charge on any atom is -0.464 e. The zero-order chi connectivity index (χ0) is 15.2. The summed E-state index contributed by atoms with van der Waals surface area (Å²) in [5.74, 6) is 0.859. The number of nitrogens with two attached hydrogens (primary N) is 1. The van der Waals surface area contributed by atoms with Crippen LogP contribution >= 0.6 is 0 Å². The predicted molar refractivity (Wildman–Crippen MR) is 80.6 cm³/mol. The van der Waals surface area contributed by atoms with Crippen LogP contribution in [0.1, 0.15) is 24.0 Å². The van der Waals surface area contributed by atoms with E-state index in [1.54, 1.807) is 6.92 Å². The number of anilines is 1. The summed E-state index contributed by atoms with van der Waals surface area (Å²) >= 11 is 0. The first-order chi connectivity index (χ1) is 9.95. The molecule has 2 heterocycles. The lowest BCUT2D eigenvalue weighted by atomic mass is 10.1. The van der Waals surface area contributed by atoms with E-state index in [9.17, 15) is 8.42 Å². The van der Waals surface area contributed by atoms with E-state index in [4.69, 9.17) is 10.2 Å². The normalized spacial score (nSPS) is 18.0. The van der Waals surface area contributed by atoms with Gasteiger partial charge in [-0.3, -0.25) is 4.31 Å². The summed E-state index contributed by atoms with van der Waals surface area (Å²) in [7, 11) is -3.64. The van der Waals surface area contributed by atoms with Crippen molar-refractivity contribution in [2.45, 2.75) is 37.8 Å². The summed E-state index contributed by atoms with van der Waals surface area (Å²) in [5.41, 5.74) is 7.33. The fraction of sp³-hybridized carbons (Fsp3) is 0.333. The number of hydrogen-bond donors (Lipinski definition) is 1. The summed E-state index contributed by atoms with van der Waals surface area (Å²) in [4.78, 5) is 0.200. The number of para-hydroxylation sites is 1. The fourth-order valence-electron chi connectivity index (χ4n) is 2.89. The van der Waals surface area contributed by atoms with E-state index >= 15 is 0 Å². The number of benzene rings is 1. The Bertz CT molecular complexity index is 780. The van der Waals surface area contributed by atoms with Gasteiger partial charge in [-0.1, -0.05) is 18.2 Å². The van der Waals surface area contributed by atoms with Crippen molar-refractivity contribution in [3.63, 3.8) is 0 Å². The van der Waals surface area contributed by atoms with E-state index in [0.29, 0.717) is 11.5 Å². The summed E-state index contributed by atoms with van der Waals surface area (Å²) in [6, 6.07) is 9.01. The van der Waals surface area contributed by atoms with Crippen LogP contribution in [-0.4, -0.2) is 14.5 Å². The second kappa shape index (κ2) is 4.89. The Morgan fingerprint density at radius 1 is 1.38 bits per heavy atom. The molecule has 0 saturated carbocycles. The van der Waals surface area contributed by atoms with Crippen LogP contribution in [0.3, 0.4) is 0 Å². The average molecular weight is 306 g/mol. The highest BCUT2D eigenvalue weighted by atomic mass is 32.2. The number of fused-ring (bicyclic) bond motifs is 1. The molecule has 1 aromatic heterocycles. The van der Waals surface area contributed by atoms with Gasteiger partial charge in [-0.25, -0.2) is 8.42 Å². The molecule has 3 rings (SSSR count). The Kier molecular flexibility index (Phi) is 3.30. The molecule has 1 aromatic carbocycles. The molecule has 112 valence electrons. The van der Waals surface area contributed by atoms with E-state index in [-0.39, 0.29) is 17.5 Å². The maximum atomic E-state index is 13.0. The van der Waals surface area contributed by atoms with Crippen molar-refractivity contribution < 1.29 is 12.8 Å². The maximum Gasteiger partial charge on any atom is 0.268 e. The lowest BCUT2D eigenvalue weighted by molar-refractivity contribution is 0.478. The number of rotatable bonds is 3. The number of furan rings is 1. The van der Waals surface area contributed by atoms with Gasteiger partial charge in [0, 0.05) is 12.1 Å². The zero-order valence-corrected chi connectivity index (χ0v) is 12.9. The first-order valence-electron chi connectivity index (χ1n) is 6.87. The molecule has 6 heteroatoms. The third-order valence-corrected chi connectivity index (χ3v) is 5.84. The largest absolute Gasteiger partial charge is 0.464 e. The molecule has 1 atom stereocenters. The highest BCUT2D eigenvalue weighted by molar-refractivity contribution is 7.93. The van der Waals surface area contributed by atoms with E-state index in [2.05, 4.69) is 0 Å². The average Bonchev–Trinajstić information content (AvgIpc) is 2.98. The Morgan fingerprint density at radius 3 is 2.76 bits per heavy atom. The van der Waals surface area contributed by atoms with E-state index in [1.807, 2.05) is 31.2 Å². The highest BCUT2D eigenvalue weighted by Gasteiger charge is 2.37. The monoisotopic (exact) mass is 306 g/mol. The van der Waals surface area contributed by atoms with Crippen LogP contribution in [0.15, 0.2) is 39.6 Å². The Labute approximate surface area is 124 Å². The number of sulfonamides is 1.